The van der Waals surface area contributed by atoms with Crippen LogP contribution in [-0.4, -0.2) is 17.8 Å². The summed E-state index contributed by atoms with van der Waals surface area (Å²) < 4.78 is 4.93. The second-order valence-corrected chi connectivity index (χ2v) is 4.60. The number of hydrogen-bond acceptors (Lipinski definition) is 4. The molecule has 0 aliphatic carbocycles. The molecule has 4 nitrogen and oxygen atoms in total. The Morgan fingerprint density at radius 3 is 2.39 bits per heavy atom. The first-order valence-electron chi connectivity index (χ1n) is 6.00. The van der Waals surface area contributed by atoms with Gasteiger partial charge in [-0.05, 0) is 11.5 Å². The molecule has 0 saturated carbocycles. The first-order valence-corrected chi connectivity index (χ1v) is 6.00. The largest absolute Gasteiger partial charge is 0.455 e. The van der Waals surface area contributed by atoms with Crippen LogP contribution in [0.25, 0.3) is 0 Å². The van der Waals surface area contributed by atoms with Crippen molar-refractivity contribution >= 4 is 11.8 Å². The second-order valence-electron chi connectivity index (χ2n) is 4.60. The minimum Gasteiger partial charge on any atom is -0.455 e. The Hall–Kier alpha value is -1.68. The van der Waals surface area contributed by atoms with E-state index in [-0.39, 0.29) is 25.0 Å². The Balaban J connectivity index is 2.39. The summed E-state index contributed by atoms with van der Waals surface area (Å²) in [5, 5.41) is 0. The van der Waals surface area contributed by atoms with Crippen LogP contribution < -0.4 is 5.73 Å². The number of nitrogens with two attached hydrogens (primary N) is 1. The molecule has 2 N–H and O–H groups in total. The molecule has 4 heteroatoms. The van der Waals surface area contributed by atoms with Crippen molar-refractivity contribution in [2.24, 2.45) is 11.7 Å². The molecule has 1 unspecified atom stereocenters. The van der Waals surface area contributed by atoms with Gasteiger partial charge in [-0.1, -0.05) is 44.2 Å². The number of ether oxygens (including phenoxy) is 1. The van der Waals surface area contributed by atoms with Gasteiger partial charge in [0.05, 0.1) is 0 Å². The van der Waals surface area contributed by atoms with Crippen molar-refractivity contribution in [3.63, 3.8) is 0 Å². The Bertz CT molecular complexity index is 401. The molecule has 0 heterocycles. The molecule has 0 aliphatic heterocycles. The summed E-state index contributed by atoms with van der Waals surface area (Å²) in [5.74, 6) is -1.21. The normalized spacial score (nSPS) is 12.2. The molecule has 0 radical (unpaired) electrons. The van der Waals surface area contributed by atoms with Crippen LogP contribution in [0, 0.1) is 5.92 Å². The lowest BCUT2D eigenvalue weighted by atomic mass is 10.00. The monoisotopic (exact) mass is 249 g/mol. The average molecular weight is 249 g/mol. The summed E-state index contributed by atoms with van der Waals surface area (Å²) in [4.78, 5) is 23.0. The van der Waals surface area contributed by atoms with Crippen LogP contribution in [0.2, 0.25) is 0 Å². The summed E-state index contributed by atoms with van der Waals surface area (Å²) in [6.45, 7) is 3.93. The predicted octanol–water partition coefficient (Wildman–Crippen LogP) is 1.67. The van der Waals surface area contributed by atoms with Gasteiger partial charge < -0.3 is 10.5 Å². The van der Waals surface area contributed by atoms with Crippen LogP contribution >= 0.6 is 0 Å². The molecular formula is C14H19NO3. The van der Waals surface area contributed by atoms with Crippen LogP contribution in [-0.2, 0) is 20.9 Å². The molecular weight excluding hydrogens is 230 g/mol. The highest BCUT2D eigenvalue weighted by atomic mass is 16.5. The molecule has 0 saturated heterocycles. The van der Waals surface area contributed by atoms with Crippen molar-refractivity contribution in [2.75, 3.05) is 0 Å². The first kappa shape index (κ1) is 14.4. The maximum atomic E-state index is 11.5. The number of hydrogen-bond donors (Lipinski definition) is 1. The average Bonchev–Trinajstić information content (AvgIpc) is 2.36. The lowest BCUT2D eigenvalue weighted by Crippen LogP contribution is -2.32. The van der Waals surface area contributed by atoms with Crippen LogP contribution in [0.5, 0.6) is 0 Å². The Morgan fingerprint density at radius 2 is 1.83 bits per heavy atom. The van der Waals surface area contributed by atoms with Crippen molar-refractivity contribution in [1.29, 1.82) is 0 Å². The molecule has 0 spiro atoms. The molecule has 18 heavy (non-hydrogen) atoms. The van der Waals surface area contributed by atoms with Gasteiger partial charge >= 0.3 is 5.97 Å². The quantitative estimate of drug-likeness (QED) is 0.615. The van der Waals surface area contributed by atoms with Crippen LogP contribution in [0.15, 0.2) is 30.3 Å². The van der Waals surface area contributed by atoms with Crippen LogP contribution in [0.1, 0.15) is 25.8 Å². The molecule has 1 aromatic carbocycles. The lowest BCUT2D eigenvalue weighted by Gasteiger charge is -2.13. The smallest absolute Gasteiger partial charge is 0.374 e. The molecule has 0 aliphatic rings. The molecule has 1 rings (SSSR count). The molecule has 0 aromatic heterocycles. The fraction of sp³-hybridized carbons (Fsp3) is 0.429. The minimum absolute atomic E-state index is 0.0330. The van der Waals surface area contributed by atoms with E-state index in [9.17, 15) is 9.59 Å². The van der Waals surface area contributed by atoms with Crippen molar-refractivity contribution in [2.45, 2.75) is 32.9 Å². The van der Waals surface area contributed by atoms with Crippen molar-refractivity contribution in [3.8, 4) is 0 Å². The van der Waals surface area contributed by atoms with Gasteiger partial charge in [0.1, 0.15) is 6.61 Å². The second kappa shape index (κ2) is 6.91. The summed E-state index contributed by atoms with van der Waals surface area (Å²) >= 11 is 0. The molecule has 0 fully saturated rings. The maximum absolute atomic E-state index is 11.5. The van der Waals surface area contributed by atoms with Crippen LogP contribution in [0.3, 0.4) is 0 Å². The third-order valence-electron chi connectivity index (χ3n) is 2.72. The summed E-state index contributed by atoms with van der Waals surface area (Å²) in [6, 6.07) is 8.92. The van der Waals surface area contributed by atoms with Gasteiger partial charge in [-0.3, -0.25) is 4.79 Å². The van der Waals surface area contributed by atoms with Gasteiger partial charge in [-0.25, -0.2) is 4.79 Å². The van der Waals surface area contributed by atoms with Gasteiger partial charge in [0, 0.05) is 12.5 Å². The highest BCUT2D eigenvalue weighted by Gasteiger charge is 2.20. The highest BCUT2D eigenvalue weighted by molar-refractivity contribution is 6.33. The van der Waals surface area contributed by atoms with Gasteiger partial charge in [-0.15, -0.1) is 0 Å². The van der Waals surface area contributed by atoms with E-state index < -0.39 is 11.8 Å². The predicted molar refractivity (Wildman–Crippen MR) is 68.7 cm³/mol. The fourth-order valence-corrected chi connectivity index (χ4v) is 1.34. The van der Waals surface area contributed by atoms with Gasteiger partial charge in [-0.2, -0.15) is 0 Å². The van der Waals surface area contributed by atoms with E-state index in [1.165, 1.54) is 0 Å². The zero-order valence-electron chi connectivity index (χ0n) is 10.8. The van der Waals surface area contributed by atoms with E-state index >= 15 is 0 Å². The molecule has 1 aromatic rings. The number of Topliss-reactive ketones (excluding diaryl/α,β-unsaturated/α-hetero) is 1. The van der Waals surface area contributed by atoms with Crippen molar-refractivity contribution in [3.05, 3.63) is 35.9 Å². The topological polar surface area (TPSA) is 69.4 Å². The van der Waals surface area contributed by atoms with E-state index in [1.54, 1.807) is 0 Å². The first-order chi connectivity index (χ1) is 8.50. The number of carbonyl (C=O) groups is 2. The Labute approximate surface area is 107 Å². The highest BCUT2D eigenvalue weighted by Crippen LogP contribution is 2.06. The van der Waals surface area contributed by atoms with E-state index in [0.717, 1.165) is 5.56 Å². The standard InChI is InChI=1S/C14H19NO3/c1-10(2)12(15)8-13(16)14(17)18-9-11-6-4-3-5-7-11/h3-7,10,12H,8-9,15H2,1-2H3. The molecule has 98 valence electrons. The molecule has 1 atom stereocenters. The zero-order chi connectivity index (χ0) is 13.5. The number of carbonyl (C=O) groups excluding carboxylic acids is 2. The third-order valence-corrected chi connectivity index (χ3v) is 2.72. The van der Waals surface area contributed by atoms with E-state index in [4.69, 9.17) is 10.5 Å². The molecule has 0 amide bonds. The van der Waals surface area contributed by atoms with Gasteiger partial charge in [0.15, 0.2) is 0 Å². The minimum atomic E-state index is -0.810. The van der Waals surface area contributed by atoms with Crippen molar-refractivity contribution < 1.29 is 14.3 Å². The number of esters is 1. The van der Waals surface area contributed by atoms with E-state index in [2.05, 4.69) is 0 Å². The number of rotatable bonds is 6. The van der Waals surface area contributed by atoms with Gasteiger partial charge in [0.25, 0.3) is 0 Å². The lowest BCUT2D eigenvalue weighted by molar-refractivity contribution is -0.155. The van der Waals surface area contributed by atoms with Crippen LogP contribution in [0.4, 0.5) is 0 Å². The third kappa shape index (κ3) is 4.67. The summed E-state index contributed by atoms with van der Waals surface area (Å²) in [5.41, 5.74) is 6.59. The number of benzene rings is 1. The van der Waals surface area contributed by atoms with Crippen molar-refractivity contribution in [1.82, 2.24) is 0 Å². The summed E-state index contributed by atoms with van der Waals surface area (Å²) in [7, 11) is 0. The Kier molecular flexibility index (Phi) is 5.52. The number of ketones is 1. The van der Waals surface area contributed by atoms with Gasteiger partial charge in [0.2, 0.25) is 5.78 Å². The maximum Gasteiger partial charge on any atom is 0.374 e. The van der Waals surface area contributed by atoms with E-state index in [0.29, 0.717) is 0 Å². The fourth-order valence-electron chi connectivity index (χ4n) is 1.34. The van der Waals surface area contributed by atoms with E-state index in [1.807, 2.05) is 44.2 Å². The SMILES string of the molecule is CC(C)C(N)CC(=O)C(=O)OCc1ccccc1. The molecule has 0 bridgehead atoms. The Morgan fingerprint density at radius 1 is 1.22 bits per heavy atom. The summed E-state index contributed by atoms with van der Waals surface area (Å²) in [6.07, 6.45) is 0.0330. The zero-order valence-corrected chi connectivity index (χ0v) is 10.8.